The van der Waals surface area contributed by atoms with Crippen LogP contribution in [0.4, 0.5) is 5.69 Å². The molecular formula is C19H20N4O2. The minimum absolute atomic E-state index is 0.0323. The fourth-order valence-electron chi connectivity index (χ4n) is 3.88. The number of aromatic nitrogens is 2. The molecule has 2 aromatic rings. The standard InChI is InChI=1S/C19H20N4O2/c24-17(15-6-10-20-21-14-15)22-11-7-19(8-12-22)9-13-23(18(19)25)16-4-2-1-3-5-16/h1-6,10,14H,7-9,11-13H2. The summed E-state index contributed by atoms with van der Waals surface area (Å²) in [4.78, 5) is 29.3. The average Bonchev–Trinajstić information content (AvgIpc) is 2.99. The normalized spacial score (nSPS) is 19.4. The molecule has 0 bridgehead atoms. The van der Waals surface area contributed by atoms with Crippen LogP contribution in [0, 0.1) is 5.41 Å². The summed E-state index contributed by atoms with van der Waals surface area (Å²) in [7, 11) is 0. The number of nitrogens with zero attached hydrogens (tertiary/aromatic N) is 4. The van der Waals surface area contributed by atoms with Crippen molar-refractivity contribution in [2.75, 3.05) is 24.5 Å². The molecule has 128 valence electrons. The first-order chi connectivity index (χ1) is 12.2. The van der Waals surface area contributed by atoms with Crippen LogP contribution in [0.15, 0.2) is 48.8 Å². The number of likely N-dealkylation sites (tertiary alicyclic amines) is 1. The second kappa shape index (κ2) is 6.27. The van der Waals surface area contributed by atoms with Crippen molar-refractivity contribution in [3.8, 4) is 0 Å². The van der Waals surface area contributed by atoms with Gasteiger partial charge in [0, 0.05) is 25.3 Å². The lowest BCUT2D eigenvalue weighted by Crippen LogP contribution is -2.46. The van der Waals surface area contributed by atoms with Gasteiger partial charge in [0.25, 0.3) is 5.91 Å². The summed E-state index contributed by atoms with van der Waals surface area (Å²) in [5.74, 6) is 0.173. The predicted molar refractivity (Wildman–Crippen MR) is 93.0 cm³/mol. The Hall–Kier alpha value is -2.76. The number of hydrogen-bond acceptors (Lipinski definition) is 4. The first kappa shape index (κ1) is 15.7. The molecular weight excluding hydrogens is 316 g/mol. The minimum atomic E-state index is -0.316. The number of piperidine rings is 1. The fourth-order valence-corrected chi connectivity index (χ4v) is 3.88. The Bertz CT molecular complexity index is 771. The number of rotatable bonds is 2. The van der Waals surface area contributed by atoms with E-state index in [4.69, 9.17) is 0 Å². The predicted octanol–water partition coefficient (Wildman–Crippen LogP) is 2.14. The van der Waals surface area contributed by atoms with E-state index >= 15 is 0 Å². The van der Waals surface area contributed by atoms with Crippen LogP contribution in [0.5, 0.6) is 0 Å². The van der Waals surface area contributed by atoms with E-state index in [0.717, 1.165) is 31.5 Å². The smallest absolute Gasteiger partial charge is 0.255 e. The van der Waals surface area contributed by atoms with Crippen LogP contribution in [0.25, 0.3) is 0 Å². The lowest BCUT2D eigenvalue weighted by atomic mass is 9.77. The van der Waals surface area contributed by atoms with Crippen LogP contribution >= 0.6 is 0 Å². The highest BCUT2D eigenvalue weighted by atomic mass is 16.2. The monoisotopic (exact) mass is 336 g/mol. The van der Waals surface area contributed by atoms with Crippen LogP contribution in [0.1, 0.15) is 29.6 Å². The van der Waals surface area contributed by atoms with Gasteiger partial charge < -0.3 is 9.80 Å². The molecule has 0 atom stereocenters. The van der Waals surface area contributed by atoms with E-state index in [2.05, 4.69) is 10.2 Å². The number of hydrogen-bond donors (Lipinski definition) is 0. The number of amides is 2. The number of carbonyl (C=O) groups is 2. The van der Waals surface area contributed by atoms with E-state index in [1.165, 1.54) is 12.4 Å². The Balaban J connectivity index is 1.45. The third-order valence-corrected chi connectivity index (χ3v) is 5.42. The van der Waals surface area contributed by atoms with E-state index < -0.39 is 0 Å². The molecule has 0 N–H and O–H groups in total. The maximum atomic E-state index is 13.0. The number of para-hydroxylation sites is 1. The third kappa shape index (κ3) is 2.77. The van der Waals surface area contributed by atoms with Crippen molar-refractivity contribution in [2.45, 2.75) is 19.3 Å². The summed E-state index contributed by atoms with van der Waals surface area (Å²) >= 11 is 0. The van der Waals surface area contributed by atoms with Gasteiger partial charge in [0.1, 0.15) is 0 Å². The third-order valence-electron chi connectivity index (χ3n) is 5.42. The van der Waals surface area contributed by atoms with E-state index in [0.29, 0.717) is 18.7 Å². The van der Waals surface area contributed by atoms with Gasteiger partial charge in [0.05, 0.1) is 23.4 Å². The lowest BCUT2D eigenvalue weighted by molar-refractivity contribution is -0.127. The zero-order valence-electron chi connectivity index (χ0n) is 14.0. The average molecular weight is 336 g/mol. The fraction of sp³-hybridized carbons (Fsp3) is 0.368. The van der Waals surface area contributed by atoms with Gasteiger partial charge in [-0.15, -0.1) is 0 Å². The van der Waals surface area contributed by atoms with Gasteiger partial charge in [-0.25, -0.2) is 0 Å². The Morgan fingerprint density at radius 1 is 0.960 bits per heavy atom. The van der Waals surface area contributed by atoms with Crippen molar-refractivity contribution in [3.63, 3.8) is 0 Å². The summed E-state index contributed by atoms with van der Waals surface area (Å²) in [6.45, 7) is 1.97. The van der Waals surface area contributed by atoms with E-state index in [1.54, 1.807) is 6.07 Å². The molecule has 2 saturated heterocycles. The molecule has 2 aliphatic heterocycles. The van der Waals surface area contributed by atoms with Crippen molar-refractivity contribution >= 4 is 17.5 Å². The maximum absolute atomic E-state index is 13.0. The highest BCUT2D eigenvalue weighted by Gasteiger charge is 2.48. The highest BCUT2D eigenvalue weighted by Crippen LogP contribution is 2.43. The van der Waals surface area contributed by atoms with Gasteiger partial charge in [0.15, 0.2) is 0 Å². The molecule has 1 spiro atoms. The first-order valence-electron chi connectivity index (χ1n) is 8.63. The molecule has 2 fully saturated rings. The SMILES string of the molecule is O=C(c1ccnnc1)N1CCC2(CC1)CCN(c1ccccc1)C2=O. The molecule has 2 aliphatic rings. The van der Waals surface area contributed by atoms with Crippen LogP contribution in [-0.4, -0.2) is 46.5 Å². The molecule has 0 radical (unpaired) electrons. The molecule has 4 rings (SSSR count). The molecule has 1 aromatic heterocycles. The summed E-state index contributed by atoms with van der Waals surface area (Å²) in [6, 6.07) is 11.5. The Morgan fingerprint density at radius 3 is 2.36 bits per heavy atom. The first-order valence-corrected chi connectivity index (χ1v) is 8.63. The van der Waals surface area contributed by atoms with Gasteiger partial charge in [-0.2, -0.15) is 10.2 Å². The molecule has 0 unspecified atom stereocenters. The van der Waals surface area contributed by atoms with Gasteiger partial charge in [-0.1, -0.05) is 18.2 Å². The van der Waals surface area contributed by atoms with Crippen LogP contribution in [-0.2, 0) is 4.79 Å². The largest absolute Gasteiger partial charge is 0.339 e. The molecule has 25 heavy (non-hydrogen) atoms. The van der Waals surface area contributed by atoms with Gasteiger partial charge >= 0.3 is 0 Å². The van der Waals surface area contributed by atoms with Crippen LogP contribution < -0.4 is 4.90 Å². The maximum Gasteiger partial charge on any atom is 0.255 e. The number of carbonyl (C=O) groups excluding carboxylic acids is 2. The Morgan fingerprint density at radius 2 is 1.68 bits per heavy atom. The molecule has 1 aromatic carbocycles. The highest BCUT2D eigenvalue weighted by molar-refractivity contribution is 6.00. The van der Waals surface area contributed by atoms with E-state index in [9.17, 15) is 9.59 Å². The molecule has 2 amide bonds. The summed E-state index contributed by atoms with van der Waals surface area (Å²) in [5, 5.41) is 7.48. The van der Waals surface area contributed by atoms with E-state index in [-0.39, 0.29) is 17.2 Å². The molecule has 0 saturated carbocycles. The second-order valence-electron chi connectivity index (χ2n) is 6.75. The Labute approximate surface area is 146 Å². The van der Waals surface area contributed by atoms with E-state index in [1.807, 2.05) is 40.1 Å². The van der Waals surface area contributed by atoms with Crippen molar-refractivity contribution in [2.24, 2.45) is 5.41 Å². The minimum Gasteiger partial charge on any atom is -0.339 e. The van der Waals surface area contributed by atoms with Gasteiger partial charge in [-0.3, -0.25) is 9.59 Å². The van der Waals surface area contributed by atoms with Crippen molar-refractivity contribution < 1.29 is 9.59 Å². The molecule has 3 heterocycles. The summed E-state index contributed by atoms with van der Waals surface area (Å²) in [5.41, 5.74) is 1.20. The summed E-state index contributed by atoms with van der Waals surface area (Å²) in [6.07, 6.45) is 5.32. The van der Waals surface area contributed by atoms with Crippen molar-refractivity contribution in [1.82, 2.24) is 15.1 Å². The number of anilines is 1. The topological polar surface area (TPSA) is 66.4 Å². The molecule has 6 nitrogen and oxygen atoms in total. The van der Waals surface area contributed by atoms with Gasteiger partial charge in [0.2, 0.25) is 5.91 Å². The molecule has 0 aliphatic carbocycles. The lowest BCUT2D eigenvalue weighted by Gasteiger charge is -2.38. The number of benzene rings is 1. The Kier molecular flexibility index (Phi) is 3.95. The van der Waals surface area contributed by atoms with Crippen LogP contribution in [0.3, 0.4) is 0 Å². The van der Waals surface area contributed by atoms with Crippen molar-refractivity contribution in [3.05, 3.63) is 54.4 Å². The van der Waals surface area contributed by atoms with Gasteiger partial charge in [-0.05, 0) is 37.5 Å². The second-order valence-corrected chi connectivity index (χ2v) is 6.75. The van der Waals surface area contributed by atoms with Crippen LogP contribution in [0.2, 0.25) is 0 Å². The zero-order valence-corrected chi connectivity index (χ0v) is 14.0. The van der Waals surface area contributed by atoms with Crippen molar-refractivity contribution in [1.29, 1.82) is 0 Å². The quantitative estimate of drug-likeness (QED) is 0.843. The molecule has 6 heteroatoms. The summed E-state index contributed by atoms with van der Waals surface area (Å²) < 4.78 is 0. The zero-order chi connectivity index (χ0) is 17.3.